The molecule has 0 spiro atoms. The number of hydrogen-bond acceptors (Lipinski definition) is 2. The van der Waals surface area contributed by atoms with Crippen molar-refractivity contribution in [3.8, 4) is 11.3 Å². The average Bonchev–Trinajstić information content (AvgIpc) is 3.02. The van der Waals surface area contributed by atoms with Crippen LogP contribution in [-0.2, 0) is 6.54 Å². The van der Waals surface area contributed by atoms with Crippen molar-refractivity contribution in [2.45, 2.75) is 25.4 Å². The van der Waals surface area contributed by atoms with E-state index in [1.165, 1.54) is 12.8 Å². The molecule has 1 aromatic heterocycles. The molecule has 0 unspecified atom stereocenters. The zero-order valence-electron chi connectivity index (χ0n) is 10.2. The first kappa shape index (κ1) is 14.7. The first-order chi connectivity index (χ1) is 8.70. The molecule has 19 heavy (non-hydrogen) atoms. The average molecular weight is 319 g/mol. The summed E-state index contributed by atoms with van der Waals surface area (Å²) in [5.41, 5.74) is 0.908. The largest absolute Gasteiger partial charge is 0.460 e. The van der Waals surface area contributed by atoms with Gasteiger partial charge in [-0.2, -0.15) is 0 Å². The van der Waals surface area contributed by atoms with E-state index in [1.54, 1.807) is 6.07 Å². The standard InChI is InChI=1S/C14H13Cl2NO.ClH/c15-10-5-9(6-11(16)7-10)14-4-3-13(18-14)8-17-12-1-2-12;/h3-7,12,17H,1-2,8H2;1H. The molecule has 2 nitrogen and oxygen atoms in total. The Balaban J connectivity index is 0.00000133. The van der Waals surface area contributed by atoms with Crippen molar-refractivity contribution in [1.82, 2.24) is 5.32 Å². The lowest BCUT2D eigenvalue weighted by Gasteiger charge is -2.01. The minimum absolute atomic E-state index is 0. The molecular weight excluding hydrogens is 305 g/mol. The van der Waals surface area contributed by atoms with E-state index in [2.05, 4.69) is 5.32 Å². The third kappa shape index (κ3) is 3.90. The first-order valence-corrected chi connectivity index (χ1v) is 6.75. The monoisotopic (exact) mass is 317 g/mol. The summed E-state index contributed by atoms with van der Waals surface area (Å²) in [6.07, 6.45) is 2.55. The van der Waals surface area contributed by atoms with Crippen LogP contribution in [0, 0.1) is 0 Å². The van der Waals surface area contributed by atoms with E-state index in [1.807, 2.05) is 24.3 Å². The van der Waals surface area contributed by atoms with Gasteiger partial charge < -0.3 is 9.73 Å². The van der Waals surface area contributed by atoms with Crippen molar-refractivity contribution >= 4 is 35.6 Å². The van der Waals surface area contributed by atoms with E-state index in [-0.39, 0.29) is 12.4 Å². The van der Waals surface area contributed by atoms with Gasteiger partial charge in [-0.05, 0) is 43.2 Å². The van der Waals surface area contributed by atoms with Gasteiger partial charge in [0.15, 0.2) is 0 Å². The van der Waals surface area contributed by atoms with Crippen molar-refractivity contribution in [2.24, 2.45) is 0 Å². The highest BCUT2D eigenvalue weighted by Gasteiger charge is 2.20. The maximum Gasteiger partial charge on any atom is 0.134 e. The Morgan fingerprint density at radius 1 is 1.11 bits per heavy atom. The lowest BCUT2D eigenvalue weighted by Crippen LogP contribution is -2.14. The Morgan fingerprint density at radius 3 is 2.42 bits per heavy atom. The lowest BCUT2D eigenvalue weighted by molar-refractivity contribution is 0.492. The fourth-order valence-electron chi connectivity index (χ4n) is 1.86. The van der Waals surface area contributed by atoms with E-state index >= 15 is 0 Å². The number of furan rings is 1. The molecule has 1 fully saturated rings. The minimum Gasteiger partial charge on any atom is -0.460 e. The van der Waals surface area contributed by atoms with Gasteiger partial charge in [-0.3, -0.25) is 0 Å². The van der Waals surface area contributed by atoms with Gasteiger partial charge in [0.2, 0.25) is 0 Å². The molecule has 0 amide bonds. The predicted molar refractivity (Wildman–Crippen MR) is 81.3 cm³/mol. The van der Waals surface area contributed by atoms with Crippen LogP contribution in [0.25, 0.3) is 11.3 Å². The molecule has 1 aliphatic carbocycles. The number of halogens is 3. The second kappa shape index (κ2) is 6.19. The summed E-state index contributed by atoms with van der Waals surface area (Å²) in [7, 11) is 0. The van der Waals surface area contributed by atoms with Gasteiger partial charge in [0.25, 0.3) is 0 Å². The highest BCUT2D eigenvalue weighted by molar-refractivity contribution is 6.35. The molecule has 0 atom stereocenters. The smallest absolute Gasteiger partial charge is 0.134 e. The summed E-state index contributed by atoms with van der Waals surface area (Å²) >= 11 is 12.0. The maximum absolute atomic E-state index is 5.98. The summed E-state index contributed by atoms with van der Waals surface area (Å²) < 4.78 is 5.78. The predicted octanol–water partition coefficient (Wildman–Crippen LogP) is 4.93. The van der Waals surface area contributed by atoms with Crippen LogP contribution < -0.4 is 5.32 Å². The Bertz CT molecular complexity index is 543. The van der Waals surface area contributed by atoms with E-state index in [0.29, 0.717) is 16.1 Å². The second-order valence-electron chi connectivity index (χ2n) is 4.58. The van der Waals surface area contributed by atoms with Crippen LogP contribution in [0.2, 0.25) is 10.0 Å². The molecule has 102 valence electrons. The maximum atomic E-state index is 5.98. The van der Waals surface area contributed by atoms with Crippen LogP contribution in [0.4, 0.5) is 0 Å². The number of rotatable bonds is 4. The van der Waals surface area contributed by atoms with Crippen molar-refractivity contribution in [2.75, 3.05) is 0 Å². The molecule has 1 aromatic carbocycles. The Labute approximate surface area is 128 Å². The fourth-order valence-corrected chi connectivity index (χ4v) is 2.38. The molecule has 1 saturated carbocycles. The van der Waals surface area contributed by atoms with Gasteiger partial charge in [0.05, 0.1) is 6.54 Å². The summed E-state index contributed by atoms with van der Waals surface area (Å²) in [6.45, 7) is 0.777. The normalized spacial score (nSPS) is 14.2. The number of benzene rings is 1. The Hall–Kier alpha value is -0.670. The second-order valence-corrected chi connectivity index (χ2v) is 5.45. The Morgan fingerprint density at radius 2 is 1.79 bits per heavy atom. The summed E-state index contributed by atoms with van der Waals surface area (Å²) in [5, 5.41) is 4.65. The number of nitrogens with one attached hydrogen (secondary N) is 1. The van der Waals surface area contributed by atoms with Gasteiger partial charge in [-0.1, -0.05) is 23.2 Å². The van der Waals surface area contributed by atoms with Crippen LogP contribution >= 0.6 is 35.6 Å². The molecular formula is C14H14Cl3NO. The minimum atomic E-state index is 0. The molecule has 0 radical (unpaired) electrons. The highest BCUT2D eigenvalue weighted by Crippen LogP contribution is 2.29. The first-order valence-electron chi connectivity index (χ1n) is 5.99. The summed E-state index contributed by atoms with van der Waals surface area (Å²) in [4.78, 5) is 0. The fraction of sp³-hybridized carbons (Fsp3) is 0.286. The van der Waals surface area contributed by atoms with E-state index in [4.69, 9.17) is 27.6 Å². The lowest BCUT2D eigenvalue weighted by atomic mass is 10.2. The van der Waals surface area contributed by atoms with Crippen molar-refractivity contribution < 1.29 is 4.42 Å². The highest BCUT2D eigenvalue weighted by atomic mass is 35.5. The summed E-state index contributed by atoms with van der Waals surface area (Å²) in [5.74, 6) is 1.74. The molecule has 3 rings (SSSR count). The Kier molecular flexibility index (Phi) is 4.80. The van der Waals surface area contributed by atoms with E-state index in [9.17, 15) is 0 Å². The SMILES string of the molecule is Cl.Clc1cc(Cl)cc(-c2ccc(CNC3CC3)o2)c1. The van der Waals surface area contributed by atoms with E-state index < -0.39 is 0 Å². The van der Waals surface area contributed by atoms with Crippen molar-refractivity contribution in [3.63, 3.8) is 0 Å². The van der Waals surface area contributed by atoms with Crippen LogP contribution in [0.5, 0.6) is 0 Å². The zero-order chi connectivity index (χ0) is 12.5. The summed E-state index contributed by atoms with van der Waals surface area (Å²) in [6, 6.07) is 10.0. The van der Waals surface area contributed by atoms with Crippen molar-refractivity contribution in [1.29, 1.82) is 0 Å². The topological polar surface area (TPSA) is 25.2 Å². The zero-order valence-corrected chi connectivity index (χ0v) is 12.5. The van der Waals surface area contributed by atoms with Gasteiger partial charge in [0, 0.05) is 21.7 Å². The molecule has 0 aliphatic heterocycles. The molecule has 1 aliphatic rings. The molecule has 0 bridgehead atoms. The van der Waals surface area contributed by atoms with Gasteiger partial charge in [-0.15, -0.1) is 12.4 Å². The van der Waals surface area contributed by atoms with Gasteiger partial charge >= 0.3 is 0 Å². The molecule has 2 aromatic rings. The number of hydrogen-bond donors (Lipinski definition) is 1. The molecule has 0 saturated heterocycles. The van der Waals surface area contributed by atoms with Gasteiger partial charge in [-0.25, -0.2) is 0 Å². The quantitative estimate of drug-likeness (QED) is 0.865. The van der Waals surface area contributed by atoms with Gasteiger partial charge in [0.1, 0.15) is 11.5 Å². The third-order valence-corrected chi connectivity index (χ3v) is 3.39. The van der Waals surface area contributed by atoms with Crippen LogP contribution in [-0.4, -0.2) is 6.04 Å². The van der Waals surface area contributed by atoms with Crippen molar-refractivity contribution in [3.05, 3.63) is 46.1 Å². The van der Waals surface area contributed by atoms with Crippen LogP contribution in [0.15, 0.2) is 34.7 Å². The molecule has 1 N–H and O–H groups in total. The molecule has 5 heteroatoms. The third-order valence-electron chi connectivity index (χ3n) is 2.95. The van der Waals surface area contributed by atoms with E-state index in [0.717, 1.165) is 23.6 Å². The van der Waals surface area contributed by atoms with Crippen LogP contribution in [0.1, 0.15) is 18.6 Å². The van der Waals surface area contributed by atoms with Crippen LogP contribution in [0.3, 0.4) is 0 Å². The molecule has 1 heterocycles.